The monoisotopic (exact) mass is 264 g/mol. The fourth-order valence-corrected chi connectivity index (χ4v) is 2.04. The van der Waals surface area contributed by atoms with Crippen LogP contribution in [0.3, 0.4) is 0 Å². The lowest BCUT2D eigenvalue weighted by molar-refractivity contribution is -0.138. The Morgan fingerprint density at radius 3 is 2.74 bits per heavy atom. The molecule has 1 aromatic rings. The maximum absolute atomic E-state index is 11.2. The Morgan fingerprint density at radius 2 is 2.16 bits per heavy atom. The normalized spacial score (nSPS) is 22.7. The number of hydrogen-bond acceptors (Lipinski definition) is 4. The van der Waals surface area contributed by atoms with Crippen molar-refractivity contribution < 1.29 is 19.4 Å². The number of ether oxygens (including phenoxy) is 1. The lowest BCUT2D eigenvalue weighted by Gasteiger charge is -2.31. The molecule has 0 bridgehead atoms. The van der Waals surface area contributed by atoms with Crippen LogP contribution in [0.15, 0.2) is 24.3 Å². The van der Waals surface area contributed by atoms with Gasteiger partial charge in [-0.15, -0.1) is 0 Å². The summed E-state index contributed by atoms with van der Waals surface area (Å²) < 4.78 is 5.44. The number of nitrogens with one attached hydrogen (secondary N) is 2. The van der Waals surface area contributed by atoms with Gasteiger partial charge in [0.15, 0.2) is 0 Å². The van der Waals surface area contributed by atoms with Crippen molar-refractivity contribution in [2.24, 2.45) is 0 Å². The summed E-state index contributed by atoms with van der Waals surface area (Å²) in [6, 6.07) is 6.66. The minimum Gasteiger partial charge on any atom is -0.394 e. The van der Waals surface area contributed by atoms with E-state index >= 15 is 0 Å². The molecule has 0 unspecified atom stereocenters. The van der Waals surface area contributed by atoms with E-state index in [1.54, 1.807) is 24.3 Å². The molecule has 102 valence electrons. The Labute approximate surface area is 110 Å². The zero-order chi connectivity index (χ0) is 13.8. The fraction of sp³-hybridized carbons (Fsp3) is 0.385. The van der Waals surface area contributed by atoms with Crippen LogP contribution in [0.2, 0.25) is 0 Å². The smallest absolute Gasteiger partial charge is 0.246 e. The molecule has 0 spiro atoms. The van der Waals surface area contributed by atoms with E-state index in [1.165, 1.54) is 6.92 Å². The molecule has 1 aliphatic rings. The van der Waals surface area contributed by atoms with E-state index in [0.717, 1.165) is 5.56 Å². The van der Waals surface area contributed by atoms with Crippen LogP contribution >= 0.6 is 0 Å². The lowest BCUT2D eigenvalue weighted by atomic mass is 10.0. The molecule has 0 aliphatic carbocycles. The summed E-state index contributed by atoms with van der Waals surface area (Å²) in [6.45, 7) is 1.23. The highest BCUT2D eigenvalue weighted by atomic mass is 16.5. The molecule has 2 rings (SSSR count). The third kappa shape index (κ3) is 3.30. The second-order valence-electron chi connectivity index (χ2n) is 4.39. The summed E-state index contributed by atoms with van der Waals surface area (Å²) in [5.74, 6) is -0.368. The Hall–Kier alpha value is -1.92. The average molecular weight is 264 g/mol. The van der Waals surface area contributed by atoms with Crippen LogP contribution in [0.1, 0.15) is 18.6 Å². The van der Waals surface area contributed by atoms with Gasteiger partial charge in [-0.2, -0.15) is 0 Å². The average Bonchev–Trinajstić information content (AvgIpc) is 2.39. The summed E-state index contributed by atoms with van der Waals surface area (Å²) in [4.78, 5) is 22.1. The Balaban J connectivity index is 2.12. The van der Waals surface area contributed by atoms with Crippen LogP contribution in [0.25, 0.3) is 0 Å². The fourth-order valence-electron chi connectivity index (χ4n) is 2.04. The first kappa shape index (κ1) is 13.5. The molecule has 1 saturated heterocycles. The molecule has 3 N–H and O–H groups in total. The number of hydrogen-bond donors (Lipinski definition) is 3. The van der Waals surface area contributed by atoms with Crippen molar-refractivity contribution in [1.29, 1.82) is 0 Å². The van der Waals surface area contributed by atoms with Crippen molar-refractivity contribution in [2.45, 2.75) is 19.1 Å². The summed E-state index contributed by atoms with van der Waals surface area (Å²) >= 11 is 0. The van der Waals surface area contributed by atoms with E-state index in [-0.39, 0.29) is 31.1 Å². The van der Waals surface area contributed by atoms with Gasteiger partial charge < -0.3 is 20.5 Å². The molecular weight excluding hydrogens is 248 g/mol. The van der Waals surface area contributed by atoms with E-state index in [1.807, 2.05) is 0 Å². The van der Waals surface area contributed by atoms with E-state index in [9.17, 15) is 14.7 Å². The minimum absolute atomic E-state index is 0.0192. The highest BCUT2D eigenvalue weighted by molar-refractivity contribution is 5.88. The van der Waals surface area contributed by atoms with Crippen molar-refractivity contribution in [3.05, 3.63) is 29.8 Å². The zero-order valence-corrected chi connectivity index (χ0v) is 10.6. The first-order valence-corrected chi connectivity index (χ1v) is 5.99. The number of carbonyl (C=O) groups is 2. The number of anilines is 1. The van der Waals surface area contributed by atoms with Gasteiger partial charge in [0.2, 0.25) is 11.8 Å². The summed E-state index contributed by atoms with van der Waals surface area (Å²) in [5, 5.41) is 14.6. The van der Waals surface area contributed by atoms with Crippen molar-refractivity contribution in [3.63, 3.8) is 0 Å². The van der Waals surface area contributed by atoms with Crippen molar-refractivity contribution in [3.8, 4) is 0 Å². The molecule has 0 radical (unpaired) electrons. The SMILES string of the molecule is CC(=O)Nc1ccc([C@H]2OCC(=O)N[C@@H]2CO)cc1. The van der Waals surface area contributed by atoms with Crippen LogP contribution in [-0.4, -0.2) is 36.2 Å². The topological polar surface area (TPSA) is 87.7 Å². The summed E-state index contributed by atoms with van der Waals surface area (Å²) in [6.07, 6.45) is -0.380. The predicted octanol–water partition coefficient (Wildman–Crippen LogP) is 0.193. The summed E-state index contributed by atoms with van der Waals surface area (Å²) in [7, 11) is 0. The quantitative estimate of drug-likeness (QED) is 0.727. The van der Waals surface area contributed by atoms with Gasteiger partial charge in [-0.25, -0.2) is 0 Å². The molecule has 6 heteroatoms. The van der Waals surface area contributed by atoms with Gasteiger partial charge in [0, 0.05) is 12.6 Å². The van der Waals surface area contributed by atoms with Crippen LogP contribution < -0.4 is 10.6 Å². The molecule has 2 atom stereocenters. The van der Waals surface area contributed by atoms with E-state index in [2.05, 4.69) is 10.6 Å². The van der Waals surface area contributed by atoms with Gasteiger partial charge in [0.25, 0.3) is 0 Å². The molecule has 19 heavy (non-hydrogen) atoms. The van der Waals surface area contributed by atoms with Crippen LogP contribution in [0, 0.1) is 0 Å². The summed E-state index contributed by atoms with van der Waals surface area (Å²) in [5.41, 5.74) is 1.53. The molecule has 1 aliphatic heterocycles. The maximum Gasteiger partial charge on any atom is 0.246 e. The number of amides is 2. The standard InChI is InChI=1S/C13H16N2O4/c1-8(17)14-10-4-2-9(3-5-10)13-11(6-16)15-12(18)7-19-13/h2-5,11,13,16H,6-7H2,1H3,(H,14,17)(H,15,18)/t11-,13-/m1/s1. The van der Waals surface area contributed by atoms with Crippen LogP contribution in [0.5, 0.6) is 0 Å². The van der Waals surface area contributed by atoms with Crippen LogP contribution in [-0.2, 0) is 14.3 Å². The van der Waals surface area contributed by atoms with Crippen LogP contribution in [0.4, 0.5) is 5.69 Å². The molecule has 6 nitrogen and oxygen atoms in total. The number of rotatable bonds is 3. The number of carbonyl (C=O) groups excluding carboxylic acids is 2. The Bertz CT molecular complexity index is 472. The van der Waals surface area contributed by atoms with E-state index < -0.39 is 6.04 Å². The van der Waals surface area contributed by atoms with Crippen molar-refractivity contribution >= 4 is 17.5 Å². The Morgan fingerprint density at radius 1 is 1.47 bits per heavy atom. The van der Waals surface area contributed by atoms with Gasteiger partial charge >= 0.3 is 0 Å². The molecule has 1 fully saturated rings. The van der Waals surface area contributed by atoms with Gasteiger partial charge in [0.05, 0.1) is 12.6 Å². The van der Waals surface area contributed by atoms with Gasteiger partial charge in [-0.05, 0) is 17.7 Å². The Kier molecular flexibility index (Phi) is 4.13. The first-order valence-electron chi connectivity index (χ1n) is 5.99. The number of aliphatic hydroxyl groups is 1. The highest BCUT2D eigenvalue weighted by Crippen LogP contribution is 2.25. The third-order valence-corrected chi connectivity index (χ3v) is 2.86. The first-order chi connectivity index (χ1) is 9.10. The van der Waals surface area contributed by atoms with E-state index in [4.69, 9.17) is 4.74 Å². The lowest BCUT2D eigenvalue weighted by Crippen LogP contribution is -2.49. The minimum atomic E-state index is -0.451. The molecule has 1 aromatic carbocycles. The molecular formula is C13H16N2O4. The predicted molar refractivity (Wildman–Crippen MR) is 68.5 cm³/mol. The highest BCUT2D eigenvalue weighted by Gasteiger charge is 2.30. The molecule has 0 saturated carbocycles. The second-order valence-corrected chi connectivity index (χ2v) is 4.39. The second kappa shape index (κ2) is 5.81. The number of benzene rings is 1. The van der Waals surface area contributed by atoms with E-state index in [0.29, 0.717) is 5.69 Å². The number of morpholine rings is 1. The molecule has 1 heterocycles. The molecule has 0 aromatic heterocycles. The number of aliphatic hydroxyl groups excluding tert-OH is 1. The van der Waals surface area contributed by atoms with Gasteiger partial charge in [-0.3, -0.25) is 9.59 Å². The zero-order valence-electron chi connectivity index (χ0n) is 10.6. The van der Waals surface area contributed by atoms with Gasteiger partial charge in [0.1, 0.15) is 12.7 Å². The third-order valence-electron chi connectivity index (χ3n) is 2.86. The van der Waals surface area contributed by atoms with Crippen molar-refractivity contribution in [2.75, 3.05) is 18.5 Å². The van der Waals surface area contributed by atoms with Gasteiger partial charge in [-0.1, -0.05) is 12.1 Å². The molecule has 2 amide bonds. The largest absolute Gasteiger partial charge is 0.394 e. The maximum atomic E-state index is 11.2. The van der Waals surface area contributed by atoms with Crippen molar-refractivity contribution in [1.82, 2.24) is 5.32 Å².